The number of ether oxygens (including phenoxy) is 1. The van der Waals surface area contributed by atoms with Crippen LogP contribution in [0.3, 0.4) is 0 Å². The molecule has 2 heteroatoms. The number of hydrogen-bond donors (Lipinski definition) is 1. The molecule has 0 heterocycles. The minimum absolute atomic E-state index is 0.140. The van der Waals surface area contributed by atoms with Crippen LogP contribution < -0.4 is 10.5 Å². The predicted octanol–water partition coefficient (Wildman–Crippen LogP) is 4.36. The Bertz CT molecular complexity index is 349. The molecular formula is C16H27NO. The van der Waals surface area contributed by atoms with Gasteiger partial charge in [-0.1, -0.05) is 51.2 Å². The fourth-order valence-electron chi connectivity index (χ4n) is 2.20. The molecule has 0 saturated heterocycles. The van der Waals surface area contributed by atoms with Crippen LogP contribution in [-0.4, -0.2) is 7.11 Å². The predicted molar refractivity (Wildman–Crippen MR) is 78.0 cm³/mol. The molecule has 1 aromatic carbocycles. The van der Waals surface area contributed by atoms with Crippen LogP contribution >= 0.6 is 0 Å². The van der Waals surface area contributed by atoms with E-state index in [1.807, 2.05) is 0 Å². The monoisotopic (exact) mass is 249 g/mol. The van der Waals surface area contributed by atoms with E-state index < -0.39 is 0 Å². The Morgan fingerprint density at radius 1 is 1.17 bits per heavy atom. The van der Waals surface area contributed by atoms with E-state index in [0.717, 1.165) is 17.7 Å². The van der Waals surface area contributed by atoms with Gasteiger partial charge in [0, 0.05) is 6.04 Å². The molecule has 0 spiro atoms. The lowest BCUT2D eigenvalue weighted by atomic mass is 9.99. The highest BCUT2D eigenvalue weighted by atomic mass is 16.5. The molecule has 1 unspecified atom stereocenters. The molecule has 1 rings (SSSR count). The normalized spacial score (nSPS) is 12.4. The topological polar surface area (TPSA) is 35.2 Å². The summed E-state index contributed by atoms with van der Waals surface area (Å²) in [5, 5.41) is 0. The minimum Gasteiger partial charge on any atom is -0.496 e. The second-order valence-corrected chi connectivity index (χ2v) is 5.04. The third-order valence-electron chi connectivity index (χ3n) is 3.48. The molecular weight excluding hydrogens is 222 g/mol. The molecule has 2 nitrogen and oxygen atoms in total. The van der Waals surface area contributed by atoms with Crippen LogP contribution in [0.5, 0.6) is 5.75 Å². The van der Waals surface area contributed by atoms with Crippen molar-refractivity contribution < 1.29 is 4.74 Å². The van der Waals surface area contributed by atoms with E-state index in [1.165, 1.54) is 37.7 Å². The van der Waals surface area contributed by atoms with Crippen LogP contribution in [0, 0.1) is 6.92 Å². The summed E-state index contributed by atoms with van der Waals surface area (Å²) < 4.78 is 5.34. The van der Waals surface area contributed by atoms with Crippen molar-refractivity contribution in [3.8, 4) is 5.75 Å². The molecule has 0 bridgehead atoms. The van der Waals surface area contributed by atoms with Crippen LogP contribution in [0.15, 0.2) is 18.2 Å². The number of hydrogen-bond acceptors (Lipinski definition) is 2. The van der Waals surface area contributed by atoms with Gasteiger partial charge in [0.25, 0.3) is 0 Å². The summed E-state index contributed by atoms with van der Waals surface area (Å²) in [5.74, 6) is 0.939. The first-order chi connectivity index (χ1) is 8.69. The molecule has 0 amide bonds. The highest BCUT2D eigenvalue weighted by Gasteiger charge is 2.08. The number of unbranched alkanes of at least 4 members (excludes halogenated alkanes) is 4. The maximum atomic E-state index is 6.23. The van der Waals surface area contributed by atoms with Gasteiger partial charge in [0.15, 0.2) is 0 Å². The Kier molecular flexibility index (Phi) is 6.81. The van der Waals surface area contributed by atoms with E-state index in [-0.39, 0.29) is 6.04 Å². The van der Waals surface area contributed by atoms with Gasteiger partial charge in [0.2, 0.25) is 0 Å². The maximum absolute atomic E-state index is 6.23. The van der Waals surface area contributed by atoms with E-state index >= 15 is 0 Å². The molecule has 2 N–H and O–H groups in total. The average molecular weight is 249 g/mol. The van der Waals surface area contributed by atoms with Gasteiger partial charge in [-0.05, 0) is 30.5 Å². The molecule has 102 valence electrons. The molecule has 1 aromatic rings. The third-order valence-corrected chi connectivity index (χ3v) is 3.48. The Hall–Kier alpha value is -1.02. The molecule has 1 atom stereocenters. The fourth-order valence-corrected chi connectivity index (χ4v) is 2.20. The smallest absolute Gasteiger partial charge is 0.122 e. The van der Waals surface area contributed by atoms with Crippen molar-refractivity contribution in [2.45, 2.75) is 58.4 Å². The van der Waals surface area contributed by atoms with Crippen molar-refractivity contribution in [2.75, 3.05) is 7.11 Å². The Labute approximate surface area is 112 Å². The molecule has 0 aliphatic heterocycles. The zero-order valence-electron chi connectivity index (χ0n) is 12.0. The standard InChI is InChI=1S/C16H27NO/c1-4-5-6-7-8-9-15(17)14-11-10-13(2)16(12-14)18-3/h10-12,15H,4-9,17H2,1-3H3. The highest BCUT2D eigenvalue weighted by molar-refractivity contribution is 5.37. The lowest BCUT2D eigenvalue weighted by Gasteiger charge is -2.14. The third kappa shape index (κ3) is 4.69. The number of nitrogens with two attached hydrogens (primary N) is 1. The lowest BCUT2D eigenvalue weighted by molar-refractivity contribution is 0.410. The van der Waals surface area contributed by atoms with Gasteiger partial charge in [-0.15, -0.1) is 0 Å². The second-order valence-electron chi connectivity index (χ2n) is 5.04. The summed E-state index contributed by atoms with van der Waals surface area (Å²) in [6, 6.07) is 6.42. The van der Waals surface area contributed by atoms with E-state index in [4.69, 9.17) is 10.5 Å². The van der Waals surface area contributed by atoms with Crippen molar-refractivity contribution >= 4 is 0 Å². The second kappa shape index (κ2) is 8.15. The van der Waals surface area contributed by atoms with E-state index in [9.17, 15) is 0 Å². The minimum atomic E-state index is 0.140. The average Bonchev–Trinajstić information content (AvgIpc) is 2.38. The number of rotatable bonds is 8. The Balaban J connectivity index is 2.43. The lowest BCUT2D eigenvalue weighted by Crippen LogP contribution is -2.10. The van der Waals surface area contributed by atoms with Gasteiger partial charge in [-0.25, -0.2) is 0 Å². The molecule has 0 fully saturated rings. The maximum Gasteiger partial charge on any atom is 0.122 e. The summed E-state index contributed by atoms with van der Waals surface area (Å²) in [6.45, 7) is 4.29. The van der Waals surface area contributed by atoms with Crippen LogP contribution in [0.25, 0.3) is 0 Å². The molecule has 0 aliphatic carbocycles. The highest BCUT2D eigenvalue weighted by Crippen LogP contribution is 2.24. The van der Waals surface area contributed by atoms with Crippen LogP contribution in [-0.2, 0) is 0 Å². The Morgan fingerprint density at radius 3 is 2.56 bits per heavy atom. The van der Waals surface area contributed by atoms with Gasteiger partial charge in [0.05, 0.1) is 7.11 Å². The Morgan fingerprint density at radius 2 is 1.89 bits per heavy atom. The number of aryl methyl sites for hydroxylation is 1. The first kappa shape index (κ1) is 15.0. The number of methoxy groups -OCH3 is 1. The summed E-state index contributed by atoms with van der Waals surface area (Å²) in [6.07, 6.45) is 7.55. The van der Waals surface area contributed by atoms with E-state index in [1.54, 1.807) is 7.11 Å². The summed E-state index contributed by atoms with van der Waals surface area (Å²) in [4.78, 5) is 0. The summed E-state index contributed by atoms with van der Waals surface area (Å²) in [5.41, 5.74) is 8.58. The molecule has 0 aromatic heterocycles. The largest absolute Gasteiger partial charge is 0.496 e. The van der Waals surface area contributed by atoms with Crippen molar-refractivity contribution in [3.63, 3.8) is 0 Å². The van der Waals surface area contributed by atoms with Crippen molar-refractivity contribution in [1.29, 1.82) is 0 Å². The van der Waals surface area contributed by atoms with Crippen molar-refractivity contribution in [1.82, 2.24) is 0 Å². The van der Waals surface area contributed by atoms with E-state index in [0.29, 0.717) is 0 Å². The summed E-state index contributed by atoms with van der Waals surface area (Å²) in [7, 11) is 1.71. The van der Waals surface area contributed by atoms with Gasteiger partial charge < -0.3 is 10.5 Å². The van der Waals surface area contributed by atoms with Gasteiger partial charge in [-0.2, -0.15) is 0 Å². The molecule has 0 saturated carbocycles. The van der Waals surface area contributed by atoms with Crippen LogP contribution in [0.1, 0.15) is 62.6 Å². The molecule has 0 aliphatic rings. The summed E-state index contributed by atoms with van der Waals surface area (Å²) >= 11 is 0. The van der Waals surface area contributed by atoms with Crippen LogP contribution in [0.2, 0.25) is 0 Å². The van der Waals surface area contributed by atoms with Crippen LogP contribution in [0.4, 0.5) is 0 Å². The first-order valence-corrected chi connectivity index (χ1v) is 7.09. The number of benzene rings is 1. The van der Waals surface area contributed by atoms with Gasteiger partial charge >= 0.3 is 0 Å². The zero-order chi connectivity index (χ0) is 13.4. The molecule has 18 heavy (non-hydrogen) atoms. The van der Waals surface area contributed by atoms with E-state index in [2.05, 4.69) is 32.0 Å². The van der Waals surface area contributed by atoms with Crippen molar-refractivity contribution in [2.24, 2.45) is 5.73 Å². The fraction of sp³-hybridized carbons (Fsp3) is 0.625. The molecule has 0 radical (unpaired) electrons. The quantitative estimate of drug-likeness (QED) is 0.695. The zero-order valence-corrected chi connectivity index (χ0v) is 12.0. The SMILES string of the molecule is CCCCCCCC(N)c1ccc(C)c(OC)c1. The first-order valence-electron chi connectivity index (χ1n) is 7.09. The van der Waals surface area contributed by atoms with Gasteiger partial charge in [0.1, 0.15) is 5.75 Å². The van der Waals surface area contributed by atoms with Gasteiger partial charge in [-0.3, -0.25) is 0 Å². The van der Waals surface area contributed by atoms with Crippen molar-refractivity contribution in [3.05, 3.63) is 29.3 Å².